The van der Waals surface area contributed by atoms with Gasteiger partial charge in [-0.15, -0.1) is 0 Å². The minimum Gasteiger partial charge on any atom is -0.492 e. The van der Waals surface area contributed by atoms with Gasteiger partial charge in [-0.3, -0.25) is 0 Å². The van der Waals surface area contributed by atoms with Crippen LogP contribution in [0.15, 0.2) is 30.3 Å². The van der Waals surface area contributed by atoms with Crippen LogP contribution in [0, 0.1) is 5.92 Å². The second kappa shape index (κ2) is 6.46. The predicted octanol–water partition coefficient (Wildman–Crippen LogP) is 2.70. The molecule has 1 N–H and O–H groups in total. The van der Waals surface area contributed by atoms with Crippen molar-refractivity contribution in [1.82, 2.24) is 5.32 Å². The van der Waals surface area contributed by atoms with Crippen molar-refractivity contribution in [1.29, 1.82) is 0 Å². The first-order valence-corrected chi connectivity index (χ1v) is 5.57. The first-order chi connectivity index (χ1) is 7.22. The van der Waals surface area contributed by atoms with E-state index < -0.39 is 0 Å². The first kappa shape index (κ1) is 12.1. The standard InChI is InChI=1S/C13H21NO/c1-11(2)9-12(14-3)10-15-13-7-5-4-6-8-13/h4-8,11-12,14H,9-10H2,1-3H3. The number of hydrogen-bond acceptors (Lipinski definition) is 2. The van der Waals surface area contributed by atoms with Gasteiger partial charge in [-0.05, 0) is 31.5 Å². The number of ether oxygens (including phenoxy) is 1. The topological polar surface area (TPSA) is 21.3 Å². The second-order valence-corrected chi connectivity index (χ2v) is 4.24. The highest BCUT2D eigenvalue weighted by atomic mass is 16.5. The van der Waals surface area contributed by atoms with Gasteiger partial charge in [-0.2, -0.15) is 0 Å². The third kappa shape index (κ3) is 4.84. The Bertz CT molecular complexity index is 258. The summed E-state index contributed by atoms with van der Waals surface area (Å²) in [6.45, 7) is 5.19. The lowest BCUT2D eigenvalue weighted by Gasteiger charge is -2.18. The van der Waals surface area contributed by atoms with Gasteiger partial charge in [0.25, 0.3) is 0 Å². The average molecular weight is 207 g/mol. The van der Waals surface area contributed by atoms with Crippen molar-refractivity contribution in [2.45, 2.75) is 26.3 Å². The van der Waals surface area contributed by atoms with Gasteiger partial charge in [-0.25, -0.2) is 0 Å². The summed E-state index contributed by atoms with van der Waals surface area (Å²) in [4.78, 5) is 0. The molecule has 84 valence electrons. The Morgan fingerprint density at radius 2 is 1.87 bits per heavy atom. The average Bonchev–Trinajstić information content (AvgIpc) is 2.25. The van der Waals surface area contributed by atoms with Crippen molar-refractivity contribution in [2.75, 3.05) is 13.7 Å². The van der Waals surface area contributed by atoms with Gasteiger partial charge in [0.2, 0.25) is 0 Å². The maximum absolute atomic E-state index is 5.70. The molecule has 0 amide bonds. The third-order valence-electron chi connectivity index (χ3n) is 2.36. The molecule has 0 aliphatic carbocycles. The maximum atomic E-state index is 5.70. The van der Waals surface area contributed by atoms with Crippen LogP contribution in [-0.4, -0.2) is 19.7 Å². The Hall–Kier alpha value is -1.02. The number of likely N-dealkylation sites (N-methyl/N-ethyl adjacent to an activating group) is 1. The Balaban J connectivity index is 2.34. The molecule has 0 aliphatic rings. The van der Waals surface area contributed by atoms with Crippen LogP contribution in [0.2, 0.25) is 0 Å². The summed E-state index contributed by atoms with van der Waals surface area (Å²) < 4.78 is 5.70. The quantitative estimate of drug-likeness (QED) is 0.774. The lowest BCUT2D eigenvalue weighted by molar-refractivity contribution is 0.251. The van der Waals surface area contributed by atoms with E-state index in [-0.39, 0.29) is 0 Å². The van der Waals surface area contributed by atoms with Gasteiger partial charge >= 0.3 is 0 Å². The number of benzene rings is 1. The fourth-order valence-electron chi connectivity index (χ4n) is 1.55. The Morgan fingerprint density at radius 3 is 2.40 bits per heavy atom. The van der Waals surface area contributed by atoms with Gasteiger partial charge < -0.3 is 10.1 Å². The van der Waals surface area contributed by atoms with Gasteiger partial charge in [0, 0.05) is 6.04 Å². The fourth-order valence-corrected chi connectivity index (χ4v) is 1.55. The van der Waals surface area contributed by atoms with Gasteiger partial charge in [0.1, 0.15) is 12.4 Å². The second-order valence-electron chi connectivity index (χ2n) is 4.24. The van der Waals surface area contributed by atoms with E-state index in [1.54, 1.807) is 0 Å². The Morgan fingerprint density at radius 1 is 1.20 bits per heavy atom. The van der Waals surface area contributed by atoms with E-state index >= 15 is 0 Å². The summed E-state index contributed by atoms with van der Waals surface area (Å²) in [6.07, 6.45) is 1.14. The van der Waals surface area contributed by atoms with Crippen molar-refractivity contribution in [3.63, 3.8) is 0 Å². The van der Waals surface area contributed by atoms with E-state index in [0.717, 1.165) is 18.8 Å². The minimum atomic E-state index is 0.435. The lowest BCUT2D eigenvalue weighted by Crippen LogP contribution is -2.32. The summed E-state index contributed by atoms with van der Waals surface area (Å²) in [6, 6.07) is 10.4. The molecule has 0 spiro atoms. The molecule has 0 radical (unpaired) electrons. The zero-order valence-electron chi connectivity index (χ0n) is 9.86. The van der Waals surface area contributed by atoms with Crippen molar-refractivity contribution in [3.8, 4) is 5.75 Å². The van der Waals surface area contributed by atoms with E-state index in [4.69, 9.17) is 4.74 Å². The molecule has 2 nitrogen and oxygen atoms in total. The molecule has 1 atom stereocenters. The highest BCUT2D eigenvalue weighted by Crippen LogP contribution is 2.10. The van der Waals surface area contributed by atoms with E-state index in [9.17, 15) is 0 Å². The van der Waals surface area contributed by atoms with Crippen molar-refractivity contribution in [3.05, 3.63) is 30.3 Å². The largest absolute Gasteiger partial charge is 0.492 e. The number of para-hydroxylation sites is 1. The molecule has 0 saturated heterocycles. The monoisotopic (exact) mass is 207 g/mol. The molecule has 1 rings (SSSR count). The van der Waals surface area contributed by atoms with E-state index in [0.29, 0.717) is 12.0 Å². The van der Waals surface area contributed by atoms with Crippen LogP contribution in [0.3, 0.4) is 0 Å². The minimum absolute atomic E-state index is 0.435. The van der Waals surface area contributed by atoms with Crippen LogP contribution in [0.25, 0.3) is 0 Å². The molecular weight excluding hydrogens is 186 g/mol. The molecule has 0 aromatic heterocycles. The van der Waals surface area contributed by atoms with Gasteiger partial charge in [-0.1, -0.05) is 32.0 Å². The summed E-state index contributed by atoms with van der Waals surface area (Å²) in [5, 5.41) is 3.28. The van der Waals surface area contributed by atoms with E-state index in [1.165, 1.54) is 0 Å². The molecule has 0 aliphatic heterocycles. The normalized spacial score (nSPS) is 12.8. The molecular formula is C13H21NO. The van der Waals surface area contributed by atoms with Crippen LogP contribution >= 0.6 is 0 Å². The number of nitrogens with one attached hydrogen (secondary N) is 1. The van der Waals surface area contributed by atoms with E-state index in [2.05, 4.69) is 19.2 Å². The molecule has 1 aromatic carbocycles. The molecule has 15 heavy (non-hydrogen) atoms. The molecule has 0 heterocycles. The van der Waals surface area contributed by atoms with Crippen molar-refractivity contribution in [2.24, 2.45) is 5.92 Å². The van der Waals surface area contributed by atoms with Crippen LogP contribution in [0.5, 0.6) is 5.75 Å². The number of hydrogen-bond donors (Lipinski definition) is 1. The zero-order chi connectivity index (χ0) is 11.1. The van der Waals surface area contributed by atoms with Crippen LogP contribution in [0.1, 0.15) is 20.3 Å². The first-order valence-electron chi connectivity index (χ1n) is 5.57. The highest BCUT2D eigenvalue weighted by Gasteiger charge is 2.08. The lowest BCUT2D eigenvalue weighted by atomic mass is 10.0. The van der Waals surface area contributed by atoms with Crippen LogP contribution < -0.4 is 10.1 Å². The maximum Gasteiger partial charge on any atom is 0.119 e. The van der Waals surface area contributed by atoms with Crippen LogP contribution in [0.4, 0.5) is 0 Å². The molecule has 1 aromatic rings. The van der Waals surface area contributed by atoms with Crippen molar-refractivity contribution >= 4 is 0 Å². The Kier molecular flexibility index (Phi) is 5.19. The molecule has 0 bridgehead atoms. The zero-order valence-corrected chi connectivity index (χ0v) is 9.86. The van der Waals surface area contributed by atoms with E-state index in [1.807, 2.05) is 37.4 Å². The predicted molar refractivity (Wildman–Crippen MR) is 64.2 cm³/mol. The summed E-state index contributed by atoms with van der Waals surface area (Å²) >= 11 is 0. The fraction of sp³-hybridized carbons (Fsp3) is 0.538. The third-order valence-corrected chi connectivity index (χ3v) is 2.36. The molecule has 0 fully saturated rings. The van der Waals surface area contributed by atoms with Gasteiger partial charge in [0.15, 0.2) is 0 Å². The Labute approximate surface area is 92.6 Å². The molecule has 2 heteroatoms. The van der Waals surface area contributed by atoms with Crippen LogP contribution in [-0.2, 0) is 0 Å². The summed E-state index contributed by atoms with van der Waals surface area (Å²) in [5.74, 6) is 1.64. The number of rotatable bonds is 6. The SMILES string of the molecule is CNC(COc1ccccc1)CC(C)C. The molecule has 1 unspecified atom stereocenters. The smallest absolute Gasteiger partial charge is 0.119 e. The summed E-state index contributed by atoms with van der Waals surface area (Å²) in [5.41, 5.74) is 0. The van der Waals surface area contributed by atoms with Gasteiger partial charge in [0.05, 0.1) is 0 Å². The summed E-state index contributed by atoms with van der Waals surface area (Å²) in [7, 11) is 1.99. The highest BCUT2D eigenvalue weighted by molar-refractivity contribution is 5.20. The molecule has 0 saturated carbocycles. The van der Waals surface area contributed by atoms with Crippen molar-refractivity contribution < 1.29 is 4.74 Å².